The van der Waals surface area contributed by atoms with Crippen LogP contribution in [0.5, 0.6) is 0 Å². The number of ether oxygens (including phenoxy) is 1. The number of para-hydroxylation sites is 2. The Balaban J connectivity index is 2.10. The van der Waals surface area contributed by atoms with Crippen LogP contribution < -0.4 is 4.90 Å². The van der Waals surface area contributed by atoms with Gasteiger partial charge in [0.05, 0.1) is 0 Å². The van der Waals surface area contributed by atoms with Gasteiger partial charge in [-0.05, 0) is 37.1 Å². The average Bonchev–Trinajstić information content (AvgIpc) is 2.49. The van der Waals surface area contributed by atoms with Crippen LogP contribution in [0, 0.1) is 0 Å². The van der Waals surface area contributed by atoms with E-state index in [2.05, 4.69) is 65.6 Å². The summed E-state index contributed by atoms with van der Waals surface area (Å²) in [5, 5.41) is 0. The number of unbranched alkanes of at least 4 members (excludes halogenated alkanes) is 1. The van der Waals surface area contributed by atoms with Gasteiger partial charge in [0.15, 0.2) is 0 Å². The van der Waals surface area contributed by atoms with E-state index in [0.29, 0.717) is 0 Å². The molecule has 0 aliphatic rings. The van der Waals surface area contributed by atoms with E-state index >= 15 is 0 Å². The van der Waals surface area contributed by atoms with E-state index in [0.717, 1.165) is 26.0 Å². The Bertz CT molecular complexity index is 416. The standard InChI is InChI=1S/C17H21NO/c1-19-15-9-8-14-18(16-10-4-2-5-11-16)17-12-6-3-7-13-17/h2-7,10-13H,8-9,14-15H2,1H3. The molecule has 0 unspecified atom stereocenters. The Labute approximate surface area is 115 Å². The number of methoxy groups -OCH3 is 1. The summed E-state index contributed by atoms with van der Waals surface area (Å²) in [4.78, 5) is 2.36. The average molecular weight is 255 g/mol. The lowest BCUT2D eigenvalue weighted by Gasteiger charge is -2.25. The van der Waals surface area contributed by atoms with Crippen LogP contribution in [0.15, 0.2) is 60.7 Å². The molecule has 0 saturated carbocycles. The maximum Gasteiger partial charge on any atom is 0.0462 e. The van der Waals surface area contributed by atoms with Crippen molar-refractivity contribution in [3.05, 3.63) is 60.7 Å². The molecule has 100 valence electrons. The molecule has 19 heavy (non-hydrogen) atoms. The summed E-state index contributed by atoms with van der Waals surface area (Å²) in [5.74, 6) is 0. The second-order valence-corrected chi connectivity index (χ2v) is 4.52. The van der Waals surface area contributed by atoms with E-state index in [9.17, 15) is 0 Å². The van der Waals surface area contributed by atoms with Crippen molar-refractivity contribution in [3.63, 3.8) is 0 Å². The van der Waals surface area contributed by atoms with Crippen LogP contribution >= 0.6 is 0 Å². The summed E-state index contributed by atoms with van der Waals surface area (Å²) in [5.41, 5.74) is 2.48. The molecule has 0 saturated heterocycles. The van der Waals surface area contributed by atoms with Gasteiger partial charge >= 0.3 is 0 Å². The maximum atomic E-state index is 5.12. The number of benzene rings is 2. The van der Waals surface area contributed by atoms with E-state index in [-0.39, 0.29) is 0 Å². The molecular weight excluding hydrogens is 234 g/mol. The molecule has 2 aromatic rings. The van der Waals surface area contributed by atoms with Crippen molar-refractivity contribution in [2.24, 2.45) is 0 Å². The molecule has 0 aliphatic carbocycles. The SMILES string of the molecule is COCCCCN(c1ccccc1)c1ccccc1. The molecule has 2 nitrogen and oxygen atoms in total. The van der Waals surface area contributed by atoms with Crippen molar-refractivity contribution in [2.45, 2.75) is 12.8 Å². The summed E-state index contributed by atoms with van der Waals surface area (Å²) in [6.45, 7) is 1.84. The monoisotopic (exact) mass is 255 g/mol. The lowest BCUT2D eigenvalue weighted by molar-refractivity contribution is 0.193. The first-order chi connectivity index (χ1) is 9.42. The van der Waals surface area contributed by atoms with Gasteiger partial charge in [-0.15, -0.1) is 0 Å². The molecule has 0 N–H and O–H groups in total. The predicted octanol–water partition coefficient (Wildman–Crippen LogP) is 4.25. The minimum atomic E-state index is 0.831. The summed E-state index contributed by atoms with van der Waals surface area (Å²) in [7, 11) is 1.76. The fraction of sp³-hybridized carbons (Fsp3) is 0.294. The van der Waals surface area contributed by atoms with Crippen LogP contribution in [0.4, 0.5) is 11.4 Å². The van der Waals surface area contributed by atoms with Gasteiger partial charge in [-0.25, -0.2) is 0 Å². The van der Waals surface area contributed by atoms with Gasteiger partial charge in [-0.3, -0.25) is 0 Å². The highest BCUT2D eigenvalue weighted by Gasteiger charge is 2.07. The lowest BCUT2D eigenvalue weighted by atomic mass is 10.2. The van der Waals surface area contributed by atoms with Crippen LogP contribution in [0.1, 0.15) is 12.8 Å². The Morgan fingerprint density at radius 2 is 1.32 bits per heavy atom. The van der Waals surface area contributed by atoms with Crippen molar-refractivity contribution in [3.8, 4) is 0 Å². The topological polar surface area (TPSA) is 12.5 Å². The molecule has 0 atom stereocenters. The summed E-state index contributed by atoms with van der Waals surface area (Å²) < 4.78 is 5.12. The molecule has 0 aliphatic heterocycles. The van der Waals surface area contributed by atoms with E-state index in [1.807, 2.05) is 0 Å². The zero-order chi connectivity index (χ0) is 13.3. The zero-order valence-electron chi connectivity index (χ0n) is 11.5. The number of nitrogens with zero attached hydrogens (tertiary/aromatic N) is 1. The van der Waals surface area contributed by atoms with E-state index in [4.69, 9.17) is 4.74 Å². The van der Waals surface area contributed by atoms with Gasteiger partial charge in [0.2, 0.25) is 0 Å². The quantitative estimate of drug-likeness (QED) is 0.686. The fourth-order valence-electron chi connectivity index (χ4n) is 2.14. The highest BCUT2D eigenvalue weighted by molar-refractivity contribution is 5.62. The summed E-state index contributed by atoms with van der Waals surface area (Å²) in [6, 6.07) is 21.1. The largest absolute Gasteiger partial charge is 0.385 e. The number of rotatable bonds is 7. The molecule has 2 aromatic carbocycles. The van der Waals surface area contributed by atoms with Crippen molar-refractivity contribution in [2.75, 3.05) is 25.2 Å². The second-order valence-electron chi connectivity index (χ2n) is 4.52. The molecule has 2 rings (SSSR count). The van der Waals surface area contributed by atoms with E-state index < -0.39 is 0 Å². The van der Waals surface area contributed by atoms with Crippen molar-refractivity contribution < 1.29 is 4.74 Å². The third-order valence-electron chi connectivity index (χ3n) is 3.12. The van der Waals surface area contributed by atoms with Crippen molar-refractivity contribution in [1.29, 1.82) is 0 Å². The highest BCUT2D eigenvalue weighted by atomic mass is 16.5. The van der Waals surface area contributed by atoms with Gasteiger partial charge in [0.25, 0.3) is 0 Å². The van der Waals surface area contributed by atoms with E-state index in [1.165, 1.54) is 11.4 Å². The third kappa shape index (κ3) is 4.11. The molecule has 0 amide bonds. The lowest BCUT2D eigenvalue weighted by Crippen LogP contribution is -2.18. The normalized spacial score (nSPS) is 10.4. The Kier molecular flexibility index (Phi) is 5.45. The summed E-state index contributed by atoms with van der Waals surface area (Å²) >= 11 is 0. The Morgan fingerprint density at radius 1 is 0.789 bits per heavy atom. The minimum absolute atomic E-state index is 0.831. The van der Waals surface area contributed by atoms with Crippen LogP contribution in [-0.4, -0.2) is 20.3 Å². The molecule has 0 radical (unpaired) electrons. The molecule has 0 aromatic heterocycles. The van der Waals surface area contributed by atoms with Gasteiger partial charge in [0.1, 0.15) is 0 Å². The first-order valence-electron chi connectivity index (χ1n) is 6.78. The van der Waals surface area contributed by atoms with Gasteiger partial charge < -0.3 is 9.64 Å². The molecule has 0 fully saturated rings. The number of hydrogen-bond donors (Lipinski definition) is 0. The number of hydrogen-bond acceptors (Lipinski definition) is 2. The van der Waals surface area contributed by atoms with E-state index in [1.54, 1.807) is 7.11 Å². The Hall–Kier alpha value is -1.80. The van der Waals surface area contributed by atoms with Gasteiger partial charge in [0, 0.05) is 31.6 Å². The van der Waals surface area contributed by atoms with Crippen LogP contribution in [-0.2, 0) is 4.74 Å². The smallest absolute Gasteiger partial charge is 0.0462 e. The predicted molar refractivity (Wildman–Crippen MR) is 81.0 cm³/mol. The molecule has 0 heterocycles. The minimum Gasteiger partial charge on any atom is -0.385 e. The molecule has 0 spiro atoms. The van der Waals surface area contributed by atoms with Crippen LogP contribution in [0.2, 0.25) is 0 Å². The maximum absolute atomic E-state index is 5.12. The molecule has 0 bridgehead atoms. The third-order valence-corrected chi connectivity index (χ3v) is 3.12. The first kappa shape index (κ1) is 13.6. The Morgan fingerprint density at radius 3 is 1.79 bits per heavy atom. The second kappa shape index (κ2) is 7.59. The van der Waals surface area contributed by atoms with Crippen molar-refractivity contribution >= 4 is 11.4 Å². The van der Waals surface area contributed by atoms with Crippen LogP contribution in [0.3, 0.4) is 0 Å². The van der Waals surface area contributed by atoms with Crippen molar-refractivity contribution in [1.82, 2.24) is 0 Å². The van der Waals surface area contributed by atoms with Gasteiger partial charge in [-0.2, -0.15) is 0 Å². The fourth-order valence-corrected chi connectivity index (χ4v) is 2.14. The summed E-state index contributed by atoms with van der Waals surface area (Å²) in [6.07, 6.45) is 2.21. The molecular formula is C17H21NO. The first-order valence-corrected chi connectivity index (χ1v) is 6.78. The number of anilines is 2. The van der Waals surface area contributed by atoms with Gasteiger partial charge in [-0.1, -0.05) is 36.4 Å². The zero-order valence-corrected chi connectivity index (χ0v) is 11.5. The molecule has 2 heteroatoms. The van der Waals surface area contributed by atoms with Crippen LogP contribution in [0.25, 0.3) is 0 Å². The highest BCUT2D eigenvalue weighted by Crippen LogP contribution is 2.25.